The van der Waals surface area contributed by atoms with Gasteiger partial charge in [0.1, 0.15) is 12.4 Å². The first-order valence-corrected chi connectivity index (χ1v) is 8.66. The van der Waals surface area contributed by atoms with Gasteiger partial charge >= 0.3 is 0 Å². The first-order valence-electron chi connectivity index (χ1n) is 6.99. The van der Waals surface area contributed by atoms with Crippen molar-refractivity contribution in [2.24, 2.45) is 0 Å². The van der Waals surface area contributed by atoms with Gasteiger partial charge in [-0.15, -0.1) is 11.3 Å². The van der Waals surface area contributed by atoms with Crippen LogP contribution in [0.25, 0.3) is 0 Å². The van der Waals surface area contributed by atoms with Crippen molar-refractivity contribution in [1.29, 1.82) is 0 Å². The Bertz CT molecular complexity index is 596. The molecule has 0 bridgehead atoms. The summed E-state index contributed by atoms with van der Waals surface area (Å²) in [5.41, 5.74) is 2.79. The Morgan fingerprint density at radius 1 is 1.40 bits per heavy atom. The number of thiophene rings is 1. The summed E-state index contributed by atoms with van der Waals surface area (Å²) in [6.07, 6.45) is 2.28. The minimum absolute atomic E-state index is 0.493. The van der Waals surface area contributed by atoms with E-state index in [4.69, 9.17) is 4.74 Å². The molecule has 1 heterocycles. The first-order chi connectivity index (χ1) is 9.79. The molecule has 106 valence electrons. The molecule has 3 rings (SSSR count). The molecule has 1 unspecified atom stereocenters. The molecule has 1 atom stereocenters. The summed E-state index contributed by atoms with van der Waals surface area (Å²) in [6.45, 7) is 3.81. The molecular formula is C16H18BrNOS. The van der Waals surface area contributed by atoms with Crippen LogP contribution < -0.4 is 10.1 Å². The van der Waals surface area contributed by atoms with Crippen molar-refractivity contribution >= 4 is 27.3 Å². The second kappa shape index (κ2) is 6.29. The standard InChI is InChI=1S/C16H18BrNOS/c1-2-18-14-7-6-12-11(14)4-3-5-15(12)19-10-16-13(17)8-9-20-16/h3-5,8-9,14,18H,2,6-7,10H2,1H3. The molecule has 0 saturated carbocycles. The number of rotatable bonds is 5. The maximum Gasteiger partial charge on any atom is 0.124 e. The van der Waals surface area contributed by atoms with Gasteiger partial charge in [0.15, 0.2) is 0 Å². The highest BCUT2D eigenvalue weighted by atomic mass is 79.9. The average Bonchev–Trinajstić information content (AvgIpc) is 3.04. The molecule has 2 nitrogen and oxygen atoms in total. The normalized spacial score (nSPS) is 17.2. The molecule has 1 aromatic carbocycles. The third-order valence-corrected chi connectivity index (χ3v) is 5.63. The van der Waals surface area contributed by atoms with E-state index in [1.54, 1.807) is 11.3 Å². The smallest absolute Gasteiger partial charge is 0.124 e. The Labute approximate surface area is 132 Å². The minimum atomic E-state index is 0.493. The van der Waals surface area contributed by atoms with E-state index in [2.05, 4.69) is 57.8 Å². The number of hydrogen-bond acceptors (Lipinski definition) is 3. The van der Waals surface area contributed by atoms with Crippen LogP contribution >= 0.6 is 27.3 Å². The Balaban J connectivity index is 1.77. The molecule has 1 N–H and O–H groups in total. The second-order valence-corrected chi connectivity index (χ2v) is 6.81. The molecule has 4 heteroatoms. The summed E-state index contributed by atoms with van der Waals surface area (Å²) in [7, 11) is 0. The van der Waals surface area contributed by atoms with Gasteiger partial charge < -0.3 is 10.1 Å². The van der Waals surface area contributed by atoms with Crippen LogP contribution in [0.5, 0.6) is 5.75 Å². The molecule has 2 aromatic rings. The lowest BCUT2D eigenvalue weighted by Gasteiger charge is -2.14. The Morgan fingerprint density at radius 2 is 2.30 bits per heavy atom. The van der Waals surface area contributed by atoms with Gasteiger partial charge in [-0.25, -0.2) is 0 Å². The van der Waals surface area contributed by atoms with Crippen molar-refractivity contribution in [3.05, 3.63) is 50.1 Å². The molecule has 20 heavy (non-hydrogen) atoms. The lowest BCUT2D eigenvalue weighted by molar-refractivity contribution is 0.306. The summed E-state index contributed by atoms with van der Waals surface area (Å²) < 4.78 is 7.19. The van der Waals surface area contributed by atoms with E-state index in [1.165, 1.54) is 22.4 Å². The van der Waals surface area contributed by atoms with E-state index in [-0.39, 0.29) is 0 Å². The highest BCUT2D eigenvalue weighted by Crippen LogP contribution is 2.37. The molecule has 0 saturated heterocycles. The topological polar surface area (TPSA) is 21.3 Å². The predicted octanol–water partition coefficient (Wildman–Crippen LogP) is 4.69. The Morgan fingerprint density at radius 3 is 3.05 bits per heavy atom. The van der Waals surface area contributed by atoms with Gasteiger partial charge in [-0.1, -0.05) is 19.1 Å². The lowest BCUT2D eigenvalue weighted by Crippen LogP contribution is -2.18. The fourth-order valence-corrected chi connectivity index (χ4v) is 4.16. The van der Waals surface area contributed by atoms with Crippen LogP contribution in [0, 0.1) is 0 Å². The molecule has 0 aliphatic heterocycles. The summed E-state index contributed by atoms with van der Waals surface area (Å²) in [5, 5.41) is 5.63. The Hall–Kier alpha value is -0.840. The highest BCUT2D eigenvalue weighted by Gasteiger charge is 2.24. The van der Waals surface area contributed by atoms with Crippen molar-refractivity contribution in [3.8, 4) is 5.75 Å². The van der Waals surface area contributed by atoms with Crippen LogP contribution in [0.3, 0.4) is 0 Å². The largest absolute Gasteiger partial charge is 0.488 e. The van der Waals surface area contributed by atoms with E-state index in [0.29, 0.717) is 12.6 Å². The van der Waals surface area contributed by atoms with Crippen LogP contribution in [0.2, 0.25) is 0 Å². The van der Waals surface area contributed by atoms with Crippen molar-refractivity contribution in [3.63, 3.8) is 0 Å². The van der Waals surface area contributed by atoms with Gasteiger partial charge in [0.25, 0.3) is 0 Å². The molecule has 0 fully saturated rings. The molecule has 0 amide bonds. The van der Waals surface area contributed by atoms with E-state index in [1.807, 2.05) is 0 Å². The van der Waals surface area contributed by atoms with Crippen LogP contribution in [0.4, 0.5) is 0 Å². The number of halogens is 1. The first kappa shape index (κ1) is 14.1. The van der Waals surface area contributed by atoms with Gasteiger partial charge in [-0.05, 0) is 64.0 Å². The summed E-state index contributed by atoms with van der Waals surface area (Å²) in [4.78, 5) is 1.24. The summed E-state index contributed by atoms with van der Waals surface area (Å²) in [5.74, 6) is 1.04. The zero-order valence-electron chi connectivity index (χ0n) is 11.5. The zero-order valence-corrected chi connectivity index (χ0v) is 13.9. The van der Waals surface area contributed by atoms with Gasteiger partial charge in [0.05, 0.1) is 4.88 Å². The second-order valence-electron chi connectivity index (χ2n) is 4.95. The third kappa shape index (κ3) is 2.78. The quantitative estimate of drug-likeness (QED) is 0.843. The van der Waals surface area contributed by atoms with E-state index in [9.17, 15) is 0 Å². The van der Waals surface area contributed by atoms with Gasteiger partial charge in [0.2, 0.25) is 0 Å². The molecule has 1 aromatic heterocycles. The SMILES string of the molecule is CCNC1CCc2c(OCc3sccc3Br)cccc21. The van der Waals surface area contributed by atoms with E-state index in [0.717, 1.165) is 23.2 Å². The summed E-state index contributed by atoms with van der Waals surface area (Å²) >= 11 is 5.28. The fourth-order valence-electron chi connectivity index (χ4n) is 2.79. The lowest BCUT2D eigenvalue weighted by atomic mass is 10.1. The maximum absolute atomic E-state index is 6.05. The predicted molar refractivity (Wildman–Crippen MR) is 87.5 cm³/mol. The zero-order chi connectivity index (χ0) is 13.9. The van der Waals surface area contributed by atoms with Crippen molar-refractivity contribution in [1.82, 2.24) is 5.32 Å². The molecule has 1 aliphatic rings. The maximum atomic E-state index is 6.05. The molecule has 0 radical (unpaired) electrons. The average molecular weight is 352 g/mol. The van der Waals surface area contributed by atoms with E-state index < -0.39 is 0 Å². The number of ether oxygens (including phenoxy) is 1. The molecule has 1 aliphatic carbocycles. The van der Waals surface area contributed by atoms with Gasteiger partial charge in [-0.2, -0.15) is 0 Å². The number of fused-ring (bicyclic) bond motifs is 1. The molecule has 0 spiro atoms. The van der Waals surface area contributed by atoms with Gasteiger partial charge in [0, 0.05) is 10.5 Å². The minimum Gasteiger partial charge on any atom is -0.488 e. The molecular weight excluding hydrogens is 334 g/mol. The van der Waals surface area contributed by atoms with Crippen LogP contribution in [-0.4, -0.2) is 6.54 Å². The van der Waals surface area contributed by atoms with Crippen molar-refractivity contribution in [2.45, 2.75) is 32.4 Å². The van der Waals surface area contributed by atoms with Crippen LogP contribution in [-0.2, 0) is 13.0 Å². The summed E-state index contributed by atoms with van der Waals surface area (Å²) in [6, 6.07) is 8.98. The fraction of sp³-hybridized carbons (Fsp3) is 0.375. The monoisotopic (exact) mass is 351 g/mol. The number of nitrogens with one attached hydrogen (secondary N) is 1. The number of hydrogen-bond donors (Lipinski definition) is 1. The van der Waals surface area contributed by atoms with Crippen molar-refractivity contribution < 1.29 is 4.74 Å². The number of benzene rings is 1. The highest BCUT2D eigenvalue weighted by molar-refractivity contribution is 9.10. The van der Waals surface area contributed by atoms with Crippen LogP contribution in [0.1, 0.15) is 35.4 Å². The van der Waals surface area contributed by atoms with E-state index >= 15 is 0 Å². The van der Waals surface area contributed by atoms with Crippen molar-refractivity contribution in [2.75, 3.05) is 6.54 Å². The van der Waals surface area contributed by atoms with Crippen LogP contribution in [0.15, 0.2) is 34.1 Å². The van der Waals surface area contributed by atoms with Gasteiger partial charge in [-0.3, -0.25) is 0 Å². The Kier molecular flexibility index (Phi) is 4.44. The third-order valence-electron chi connectivity index (χ3n) is 3.73.